The molecule has 2 rings (SSSR count). The molecule has 3 N–H and O–H groups in total. The highest BCUT2D eigenvalue weighted by Crippen LogP contribution is 2.29. The summed E-state index contributed by atoms with van der Waals surface area (Å²) in [5.74, 6) is -0.0423. The van der Waals surface area contributed by atoms with Crippen LogP contribution in [0, 0.1) is 10.5 Å². The van der Waals surface area contributed by atoms with Gasteiger partial charge in [0.15, 0.2) is 0 Å². The molecule has 1 aromatic carbocycles. The third-order valence-corrected chi connectivity index (χ3v) is 4.06. The van der Waals surface area contributed by atoms with E-state index in [2.05, 4.69) is 27.9 Å². The molecule has 0 bridgehead atoms. The van der Waals surface area contributed by atoms with Crippen LogP contribution >= 0.6 is 22.6 Å². The highest BCUT2D eigenvalue weighted by Gasteiger charge is 2.37. The van der Waals surface area contributed by atoms with Crippen molar-refractivity contribution in [3.05, 3.63) is 27.3 Å². The number of carbonyl (C=O) groups excluding carboxylic acids is 1. The number of hydrogen-bond donors (Lipinski definition) is 2. The van der Waals surface area contributed by atoms with Crippen molar-refractivity contribution in [2.75, 3.05) is 5.32 Å². The fraction of sp³-hybridized carbons (Fsp3) is 0.462. The summed E-state index contributed by atoms with van der Waals surface area (Å²) < 4.78 is 1.17. The number of hydrogen-bond acceptors (Lipinski definition) is 2. The van der Waals surface area contributed by atoms with Gasteiger partial charge in [0.05, 0.1) is 5.54 Å². The van der Waals surface area contributed by atoms with Gasteiger partial charge in [-0.25, -0.2) is 0 Å². The predicted molar refractivity (Wildman–Crippen MR) is 77.9 cm³/mol. The summed E-state index contributed by atoms with van der Waals surface area (Å²) >= 11 is 2.26. The van der Waals surface area contributed by atoms with Gasteiger partial charge in [-0.15, -0.1) is 0 Å². The summed E-state index contributed by atoms with van der Waals surface area (Å²) in [6.07, 6.45) is 3.69. The normalized spacial score (nSPS) is 18.1. The minimum absolute atomic E-state index is 0.0423. The summed E-state index contributed by atoms with van der Waals surface area (Å²) in [5.41, 5.74) is 7.40. The number of carbonyl (C=O) groups is 1. The highest BCUT2D eigenvalue weighted by molar-refractivity contribution is 14.1. The molecule has 1 aliphatic rings. The van der Waals surface area contributed by atoms with E-state index in [1.54, 1.807) is 0 Å². The van der Waals surface area contributed by atoms with Gasteiger partial charge >= 0.3 is 0 Å². The van der Waals surface area contributed by atoms with Gasteiger partial charge < -0.3 is 11.1 Å². The Bertz CT molecular complexity index is 439. The van der Waals surface area contributed by atoms with E-state index in [-0.39, 0.29) is 5.91 Å². The maximum Gasteiger partial charge on any atom is 0.244 e. The Morgan fingerprint density at radius 1 is 1.41 bits per heavy atom. The van der Waals surface area contributed by atoms with Crippen molar-refractivity contribution < 1.29 is 4.79 Å². The number of nitrogens with two attached hydrogens (primary N) is 1. The zero-order valence-electron chi connectivity index (χ0n) is 9.92. The van der Waals surface area contributed by atoms with Crippen molar-refractivity contribution in [3.63, 3.8) is 0 Å². The van der Waals surface area contributed by atoms with Gasteiger partial charge in [-0.3, -0.25) is 4.79 Å². The van der Waals surface area contributed by atoms with E-state index in [1.807, 2.05) is 25.1 Å². The Balaban J connectivity index is 2.13. The van der Waals surface area contributed by atoms with E-state index in [0.29, 0.717) is 0 Å². The Kier molecular flexibility index (Phi) is 3.73. The molecule has 0 heterocycles. The van der Waals surface area contributed by atoms with Crippen LogP contribution in [0.5, 0.6) is 0 Å². The lowest BCUT2D eigenvalue weighted by Gasteiger charge is -2.22. The van der Waals surface area contributed by atoms with Gasteiger partial charge in [-0.1, -0.05) is 12.8 Å². The van der Waals surface area contributed by atoms with E-state index in [4.69, 9.17) is 5.73 Å². The molecule has 1 fully saturated rings. The first-order valence-corrected chi connectivity index (χ1v) is 6.96. The van der Waals surface area contributed by atoms with Crippen LogP contribution in [0.4, 0.5) is 5.69 Å². The van der Waals surface area contributed by atoms with Crippen LogP contribution in [-0.2, 0) is 4.79 Å². The van der Waals surface area contributed by atoms with Gasteiger partial charge in [0.2, 0.25) is 5.91 Å². The van der Waals surface area contributed by atoms with E-state index in [0.717, 1.165) is 36.9 Å². The summed E-state index contributed by atoms with van der Waals surface area (Å²) in [4.78, 5) is 12.1. The van der Waals surface area contributed by atoms with Crippen LogP contribution < -0.4 is 11.1 Å². The monoisotopic (exact) mass is 344 g/mol. The van der Waals surface area contributed by atoms with E-state index in [1.165, 1.54) is 3.57 Å². The van der Waals surface area contributed by atoms with Crippen LogP contribution in [0.2, 0.25) is 0 Å². The average molecular weight is 344 g/mol. The minimum atomic E-state index is -0.657. The quantitative estimate of drug-likeness (QED) is 0.811. The summed E-state index contributed by atoms with van der Waals surface area (Å²) in [7, 11) is 0. The maximum atomic E-state index is 12.1. The second kappa shape index (κ2) is 4.94. The van der Waals surface area contributed by atoms with Crippen LogP contribution in [0.25, 0.3) is 0 Å². The molecule has 0 atom stereocenters. The fourth-order valence-electron chi connectivity index (χ4n) is 2.25. The number of amides is 1. The molecule has 17 heavy (non-hydrogen) atoms. The van der Waals surface area contributed by atoms with Crippen molar-refractivity contribution in [2.45, 2.75) is 38.1 Å². The Morgan fingerprint density at radius 2 is 2.06 bits per heavy atom. The lowest BCUT2D eigenvalue weighted by molar-refractivity contribution is -0.121. The topological polar surface area (TPSA) is 55.1 Å². The molecule has 4 heteroatoms. The van der Waals surface area contributed by atoms with Crippen molar-refractivity contribution >= 4 is 34.2 Å². The number of nitrogens with one attached hydrogen (secondary N) is 1. The third-order valence-electron chi connectivity index (χ3n) is 3.38. The van der Waals surface area contributed by atoms with Crippen molar-refractivity contribution in [1.29, 1.82) is 0 Å². The molecule has 0 unspecified atom stereocenters. The van der Waals surface area contributed by atoms with Gasteiger partial charge in [0, 0.05) is 9.26 Å². The molecule has 0 aliphatic heterocycles. The number of halogens is 1. The number of aryl methyl sites for hydroxylation is 1. The first kappa shape index (κ1) is 12.8. The van der Waals surface area contributed by atoms with Crippen molar-refractivity contribution in [1.82, 2.24) is 0 Å². The number of anilines is 1. The van der Waals surface area contributed by atoms with Gasteiger partial charge in [0.1, 0.15) is 0 Å². The zero-order chi connectivity index (χ0) is 12.5. The molecule has 1 amide bonds. The van der Waals surface area contributed by atoms with Crippen molar-refractivity contribution in [3.8, 4) is 0 Å². The van der Waals surface area contributed by atoms with Crippen LogP contribution in [0.15, 0.2) is 18.2 Å². The molecule has 0 radical (unpaired) electrons. The average Bonchev–Trinajstić information content (AvgIpc) is 2.71. The molecular formula is C13H17IN2O. The lowest BCUT2D eigenvalue weighted by atomic mass is 9.98. The van der Waals surface area contributed by atoms with Crippen LogP contribution in [0.3, 0.4) is 0 Å². The SMILES string of the molecule is Cc1cc(I)ccc1NC(=O)C1(N)CCCC1. The van der Waals surface area contributed by atoms with Gasteiger partial charge in [0.25, 0.3) is 0 Å². The minimum Gasteiger partial charge on any atom is -0.324 e. The number of rotatable bonds is 2. The molecule has 1 aromatic rings. The molecule has 0 aromatic heterocycles. The van der Waals surface area contributed by atoms with E-state index in [9.17, 15) is 4.79 Å². The first-order chi connectivity index (χ1) is 8.01. The zero-order valence-corrected chi connectivity index (χ0v) is 12.1. The Hall–Kier alpha value is -0.620. The molecule has 92 valence electrons. The highest BCUT2D eigenvalue weighted by atomic mass is 127. The van der Waals surface area contributed by atoms with Gasteiger partial charge in [-0.2, -0.15) is 0 Å². The lowest BCUT2D eigenvalue weighted by Crippen LogP contribution is -2.48. The largest absolute Gasteiger partial charge is 0.324 e. The smallest absolute Gasteiger partial charge is 0.244 e. The van der Waals surface area contributed by atoms with E-state index >= 15 is 0 Å². The Morgan fingerprint density at radius 3 is 2.65 bits per heavy atom. The first-order valence-electron chi connectivity index (χ1n) is 5.88. The maximum absolute atomic E-state index is 12.1. The van der Waals surface area contributed by atoms with Gasteiger partial charge in [-0.05, 0) is 66.1 Å². The molecular weight excluding hydrogens is 327 g/mol. The molecule has 0 spiro atoms. The second-order valence-corrected chi connectivity index (χ2v) is 6.02. The molecule has 1 aliphatic carbocycles. The summed E-state index contributed by atoms with van der Waals surface area (Å²) in [6, 6.07) is 5.97. The van der Waals surface area contributed by atoms with Crippen LogP contribution in [-0.4, -0.2) is 11.4 Å². The number of benzene rings is 1. The van der Waals surface area contributed by atoms with Crippen molar-refractivity contribution in [2.24, 2.45) is 5.73 Å². The predicted octanol–water partition coefficient (Wildman–Crippen LogP) is 2.81. The molecule has 0 saturated heterocycles. The summed E-state index contributed by atoms with van der Waals surface area (Å²) in [6.45, 7) is 2.00. The second-order valence-electron chi connectivity index (χ2n) is 4.78. The third kappa shape index (κ3) is 2.80. The summed E-state index contributed by atoms with van der Waals surface area (Å²) in [5, 5.41) is 2.95. The Labute approximate surface area is 115 Å². The fourth-order valence-corrected chi connectivity index (χ4v) is 2.89. The van der Waals surface area contributed by atoms with E-state index < -0.39 is 5.54 Å². The van der Waals surface area contributed by atoms with Crippen LogP contribution in [0.1, 0.15) is 31.2 Å². The standard InChI is InChI=1S/C13H17IN2O/c1-9-8-10(14)4-5-11(9)16-12(17)13(15)6-2-3-7-13/h4-5,8H,2-3,6-7,15H2,1H3,(H,16,17). The molecule has 3 nitrogen and oxygen atoms in total. The molecule has 1 saturated carbocycles.